The number of rotatable bonds is 6. The van der Waals surface area contributed by atoms with Crippen LogP contribution >= 0.6 is 0 Å². The molecule has 0 fully saturated rings. The van der Waals surface area contributed by atoms with Crippen molar-refractivity contribution in [3.05, 3.63) is 29.6 Å². The number of benzene rings is 1. The maximum atomic E-state index is 13.6. The molecule has 19 heavy (non-hydrogen) atoms. The van der Waals surface area contributed by atoms with E-state index in [1.54, 1.807) is 12.1 Å². The second-order valence-electron chi connectivity index (χ2n) is 4.27. The zero-order valence-electron chi connectivity index (χ0n) is 11.7. The molecule has 0 aliphatic heterocycles. The molecule has 0 aliphatic rings. The number of halogens is 1. The quantitative estimate of drug-likeness (QED) is 0.806. The summed E-state index contributed by atoms with van der Waals surface area (Å²) in [5, 5.41) is 3.12. The third kappa shape index (κ3) is 3.92. The van der Waals surface area contributed by atoms with Gasteiger partial charge in [-0.1, -0.05) is 13.0 Å². The van der Waals surface area contributed by atoms with E-state index in [-0.39, 0.29) is 17.8 Å². The van der Waals surface area contributed by atoms with Crippen LogP contribution in [0.15, 0.2) is 18.2 Å². The van der Waals surface area contributed by atoms with Crippen molar-refractivity contribution in [2.24, 2.45) is 0 Å². The van der Waals surface area contributed by atoms with Crippen molar-refractivity contribution in [3.63, 3.8) is 0 Å². The van der Waals surface area contributed by atoms with Crippen LogP contribution in [-0.2, 0) is 9.53 Å². The fourth-order valence-electron chi connectivity index (χ4n) is 1.84. The predicted molar refractivity (Wildman–Crippen MR) is 70.6 cm³/mol. The lowest BCUT2D eigenvalue weighted by molar-refractivity contribution is -0.143. The van der Waals surface area contributed by atoms with Crippen LogP contribution in [0.2, 0.25) is 0 Å². The molecular formula is C14H20FNO3. The normalized spacial score (nSPS) is 13.7. The van der Waals surface area contributed by atoms with Crippen LogP contribution in [0, 0.1) is 5.82 Å². The van der Waals surface area contributed by atoms with E-state index in [1.165, 1.54) is 20.3 Å². The number of carbonyl (C=O) groups is 1. The number of ether oxygens (including phenoxy) is 2. The smallest absolute Gasteiger partial charge is 0.322 e. The van der Waals surface area contributed by atoms with Crippen LogP contribution in [0.25, 0.3) is 0 Å². The van der Waals surface area contributed by atoms with Crippen LogP contribution in [0.3, 0.4) is 0 Å². The van der Waals surface area contributed by atoms with Crippen molar-refractivity contribution in [1.29, 1.82) is 0 Å². The molecule has 0 heterocycles. The highest BCUT2D eigenvalue weighted by Gasteiger charge is 2.20. The lowest BCUT2D eigenvalue weighted by Crippen LogP contribution is -2.38. The Hall–Kier alpha value is -1.62. The van der Waals surface area contributed by atoms with Gasteiger partial charge in [0.15, 0.2) is 11.6 Å². The highest BCUT2D eigenvalue weighted by atomic mass is 19.1. The molecule has 2 atom stereocenters. The molecule has 1 N–H and O–H groups in total. The van der Waals surface area contributed by atoms with Gasteiger partial charge in [0.2, 0.25) is 0 Å². The molecule has 0 amide bonds. The summed E-state index contributed by atoms with van der Waals surface area (Å²) in [6.07, 6.45) is 0.607. The number of hydrogen-bond acceptors (Lipinski definition) is 4. The summed E-state index contributed by atoms with van der Waals surface area (Å²) in [5.74, 6) is -0.529. The molecule has 1 aromatic rings. The van der Waals surface area contributed by atoms with Gasteiger partial charge in [-0.15, -0.1) is 0 Å². The van der Waals surface area contributed by atoms with Gasteiger partial charge >= 0.3 is 5.97 Å². The minimum absolute atomic E-state index is 0.163. The lowest BCUT2D eigenvalue weighted by atomic mass is 10.1. The molecule has 0 bridgehead atoms. The predicted octanol–water partition coefficient (Wildman–Crippen LogP) is 2.44. The van der Waals surface area contributed by atoms with Crippen molar-refractivity contribution in [3.8, 4) is 5.75 Å². The third-order valence-corrected chi connectivity index (χ3v) is 3.02. The first-order chi connectivity index (χ1) is 9.03. The average molecular weight is 269 g/mol. The van der Waals surface area contributed by atoms with E-state index in [2.05, 4.69) is 5.32 Å². The molecule has 0 radical (unpaired) electrons. The molecule has 0 aliphatic carbocycles. The molecule has 4 nitrogen and oxygen atoms in total. The van der Waals surface area contributed by atoms with Crippen LogP contribution in [-0.4, -0.2) is 26.2 Å². The minimum Gasteiger partial charge on any atom is -0.494 e. The molecule has 0 spiro atoms. The Morgan fingerprint density at radius 2 is 2.11 bits per heavy atom. The Kier molecular flexibility index (Phi) is 5.76. The van der Waals surface area contributed by atoms with Crippen LogP contribution in [0.1, 0.15) is 31.9 Å². The van der Waals surface area contributed by atoms with Gasteiger partial charge in [0.1, 0.15) is 6.04 Å². The number of esters is 1. The standard InChI is InChI=1S/C14H20FNO3/c1-5-12(14(17)19-4)16-9(2)10-6-7-13(18-3)11(15)8-10/h6-9,12,16H,5H2,1-4H3. The average Bonchev–Trinajstić information content (AvgIpc) is 2.43. The van der Waals surface area contributed by atoms with Crippen LogP contribution in [0.4, 0.5) is 4.39 Å². The van der Waals surface area contributed by atoms with Gasteiger partial charge in [-0.2, -0.15) is 0 Å². The largest absolute Gasteiger partial charge is 0.494 e. The third-order valence-electron chi connectivity index (χ3n) is 3.02. The SMILES string of the molecule is CCC(NC(C)c1ccc(OC)c(F)c1)C(=O)OC. The molecule has 1 aromatic carbocycles. The number of hydrogen-bond donors (Lipinski definition) is 1. The summed E-state index contributed by atoms with van der Waals surface area (Å²) in [6, 6.07) is 4.18. The van der Waals surface area contributed by atoms with Gasteiger partial charge in [0.05, 0.1) is 14.2 Å². The van der Waals surface area contributed by atoms with E-state index in [1.807, 2.05) is 13.8 Å². The van der Waals surface area contributed by atoms with E-state index >= 15 is 0 Å². The van der Waals surface area contributed by atoms with Gasteiger partial charge in [0.25, 0.3) is 0 Å². The van der Waals surface area contributed by atoms with Crippen molar-refractivity contribution < 1.29 is 18.7 Å². The first-order valence-electron chi connectivity index (χ1n) is 6.20. The molecule has 0 aromatic heterocycles. The van der Waals surface area contributed by atoms with Gasteiger partial charge in [0, 0.05) is 6.04 Å². The van der Waals surface area contributed by atoms with Crippen molar-refractivity contribution in [2.45, 2.75) is 32.4 Å². The summed E-state index contributed by atoms with van der Waals surface area (Å²) in [5.41, 5.74) is 0.751. The summed E-state index contributed by atoms with van der Waals surface area (Å²) in [7, 11) is 2.77. The maximum absolute atomic E-state index is 13.6. The summed E-state index contributed by atoms with van der Waals surface area (Å²) in [6.45, 7) is 3.75. The summed E-state index contributed by atoms with van der Waals surface area (Å²) < 4.78 is 23.2. The number of nitrogens with one attached hydrogen (secondary N) is 1. The molecule has 106 valence electrons. The number of methoxy groups -OCH3 is 2. The number of carbonyl (C=O) groups excluding carboxylic acids is 1. The minimum atomic E-state index is -0.417. The van der Waals surface area contributed by atoms with Gasteiger partial charge in [-0.3, -0.25) is 10.1 Å². The van der Waals surface area contributed by atoms with E-state index < -0.39 is 11.9 Å². The van der Waals surface area contributed by atoms with Gasteiger partial charge in [-0.25, -0.2) is 4.39 Å². The van der Waals surface area contributed by atoms with Crippen molar-refractivity contribution in [2.75, 3.05) is 14.2 Å². The highest BCUT2D eigenvalue weighted by Crippen LogP contribution is 2.22. The zero-order chi connectivity index (χ0) is 14.4. The van der Waals surface area contributed by atoms with E-state index in [0.717, 1.165) is 5.56 Å². The Morgan fingerprint density at radius 3 is 2.58 bits per heavy atom. The second-order valence-corrected chi connectivity index (χ2v) is 4.27. The molecular weight excluding hydrogens is 249 g/mol. The molecule has 5 heteroatoms. The maximum Gasteiger partial charge on any atom is 0.322 e. The Bertz CT molecular complexity index is 437. The molecule has 1 rings (SSSR count). The first-order valence-corrected chi connectivity index (χ1v) is 6.20. The lowest BCUT2D eigenvalue weighted by Gasteiger charge is -2.21. The monoisotopic (exact) mass is 269 g/mol. The Balaban J connectivity index is 2.79. The molecule has 0 saturated heterocycles. The fraction of sp³-hybridized carbons (Fsp3) is 0.500. The molecule has 2 unspecified atom stereocenters. The Morgan fingerprint density at radius 1 is 1.42 bits per heavy atom. The topological polar surface area (TPSA) is 47.6 Å². The second kappa shape index (κ2) is 7.09. The Labute approximate surface area is 112 Å². The van der Waals surface area contributed by atoms with E-state index in [0.29, 0.717) is 6.42 Å². The van der Waals surface area contributed by atoms with Crippen molar-refractivity contribution >= 4 is 5.97 Å². The van der Waals surface area contributed by atoms with Crippen molar-refractivity contribution in [1.82, 2.24) is 5.32 Å². The van der Waals surface area contributed by atoms with E-state index in [9.17, 15) is 9.18 Å². The highest BCUT2D eigenvalue weighted by molar-refractivity contribution is 5.75. The van der Waals surface area contributed by atoms with Gasteiger partial charge < -0.3 is 9.47 Å². The summed E-state index contributed by atoms with van der Waals surface area (Å²) >= 11 is 0. The zero-order valence-corrected chi connectivity index (χ0v) is 11.7. The first kappa shape index (κ1) is 15.4. The molecule has 0 saturated carbocycles. The van der Waals surface area contributed by atoms with Gasteiger partial charge in [-0.05, 0) is 31.0 Å². The van der Waals surface area contributed by atoms with E-state index in [4.69, 9.17) is 9.47 Å². The summed E-state index contributed by atoms with van der Waals surface area (Å²) in [4.78, 5) is 11.5. The van der Waals surface area contributed by atoms with Crippen LogP contribution < -0.4 is 10.1 Å². The van der Waals surface area contributed by atoms with Crippen LogP contribution in [0.5, 0.6) is 5.75 Å². The fourth-order valence-corrected chi connectivity index (χ4v) is 1.84.